The summed E-state index contributed by atoms with van der Waals surface area (Å²) < 4.78 is 6.58. The topological polar surface area (TPSA) is 34.1 Å². The fourth-order valence-electron chi connectivity index (χ4n) is 1.66. The third-order valence-electron chi connectivity index (χ3n) is 2.63. The molecule has 5 heteroatoms. The molecule has 0 bridgehead atoms. The molecule has 1 heterocycles. The molecule has 0 atom stereocenters. The van der Waals surface area contributed by atoms with Crippen LogP contribution in [0.25, 0.3) is 0 Å². The molecule has 3 nitrogen and oxygen atoms in total. The lowest BCUT2D eigenvalue weighted by molar-refractivity contribution is 0.299. The van der Waals surface area contributed by atoms with Crippen molar-refractivity contribution in [1.29, 1.82) is 0 Å². The van der Waals surface area contributed by atoms with Gasteiger partial charge in [0, 0.05) is 11.6 Å². The monoisotopic (exact) mass is 354 g/mol. The molecule has 1 N–H and O–H groups in total. The van der Waals surface area contributed by atoms with Gasteiger partial charge in [-0.2, -0.15) is 0 Å². The third-order valence-corrected chi connectivity index (χ3v) is 3.49. The Kier molecular flexibility index (Phi) is 5.68. The van der Waals surface area contributed by atoms with E-state index in [1.165, 1.54) is 0 Å². The standard InChI is InChI=1S/C15H16BrClN2O/c1-2-8-18-15-5-3-4-12(19-15)10-20-14-7-6-11(17)9-13(14)16/h3-7,9H,2,8,10H2,1H3,(H,18,19). The summed E-state index contributed by atoms with van der Waals surface area (Å²) in [5, 5.41) is 3.93. The second kappa shape index (κ2) is 7.50. The lowest BCUT2D eigenvalue weighted by Gasteiger charge is -2.09. The van der Waals surface area contributed by atoms with Crippen LogP contribution in [0.2, 0.25) is 5.02 Å². The lowest BCUT2D eigenvalue weighted by Crippen LogP contribution is -2.05. The second-order valence-electron chi connectivity index (χ2n) is 4.30. The highest BCUT2D eigenvalue weighted by atomic mass is 79.9. The lowest BCUT2D eigenvalue weighted by atomic mass is 10.3. The number of ether oxygens (including phenoxy) is 1. The van der Waals surface area contributed by atoms with E-state index in [0.717, 1.165) is 34.7 Å². The van der Waals surface area contributed by atoms with Crippen LogP contribution in [-0.2, 0) is 6.61 Å². The first kappa shape index (κ1) is 15.1. The number of benzene rings is 1. The minimum atomic E-state index is 0.419. The maximum Gasteiger partial charge on any atom is 0.134 e. The van der Waals surface area contributed by atoms with Crippen LogP contribution in [0.4, 0.5) is 5.82 Å². The summed E-state index contributed by atoms with van der Waals surface area (Å²) in [4.78, 5) is 4.50. The van der Waals surface area contributed by atoms with Crippen molar-refractivity contribution in [3.05, 3.63) is 51.6 Å². The van der Waals surface area contributed by atoms with Gasteiger partial charge in [0.05, 0.1) is 10.2 Å². The molecule has 0 unspecified atom stereocenters. The van der Waals surface area contributed by atoms with Crippen molar-refractivity contribution in [2.24, 2.45) is 0 Å². The summed E-state index contributed by atoms with van der Waals surface area (Å²) in [6.45, 7) is 3.46. The van der Waals surface area contributed by atoms with E-state index < -0.39 is 0 Å². The molecule has 20 heavy (non-hydrogen) atoms. The molecule has 2 rings (SSSR count). The summed E-state index contributed by atoms with van der Waals surface area (Å²) in [7, 11) is 0. The van der Waals surface area contributed by atoms with Gasteiger partial charge < -0.3 is 10.1 Å². The van der Waals surface area contributed by atoms with Gasteiger partial charge in [0.2, 0.25) is 0 Å². The van der Waals surface area contributed by atoms with Gasteiger partial charge in [-0.3, -0.25) is 0 Å². The number of nitrogens with one attached hydrogen (secondary N) is 1. The van der Waals surface area contributed by atoms with Crippen LogP contribution in [0.15, 0.2) is 40.9 Å². The number of hydrogen-bond donors (Lipinski definition) is 1. The molecular weight excluding hydrogens is 340 g/mol. The van der Waals surface area contributed by atoms with Crippen molar-refractivity contribution in [3.63, 3.8) is 0 Å². The zero-order chi connectivity index (χ0) is 14.4. The second-order valence-corrected chi connectivity index (χ2v) is 5.60. The van der Waals surface area contributed by atoms with Crippen LogP contribution >= 0.6 is 27.5 Å². The Bertz CT molecular complexity index is 578. The highest BCUT2D eigenvalue weighted by molar-refractivity contribution is 9.10. The zero-order valence-electron chi connectivity index (χ0n) is 11.2. The Balaban J connectivity index is 1.99. The summed E-state index contributed by atoms with van der Waals surface area (Å²) in [6, 6.07) is 11.3. The first-order chi connectivity index (χ1) is 9.69. The van der Waals surface area contributed by atoms with Gasteiger partial charge in [-0.25, -0.2) is 4.98 Å². The molecule has 0 amide bonds. The van der Waals surface area contributed by atoms with Gasteiger partial charge in [0.15, 0.2) is 0 Å². The maximum atomic E-state index is 5.90. The maximum absolute atomic E-state index is 5.90. The van der Waals surface area contributed by atoms with Crippen molar-refractivity contribution in [1.82, 2.24) is 4.98 Å². The third kappa shape index (κ3) is 4.39. The number of halogens is 2. The Labute approximate surface area is 132 Å². The number of anilines is 1. The van der Waals surface area contributed by atoms with Crippen LogP contribution in [0.3, 0.4) is 0 Å². The Hall–Kier alpha value is -1.26. The van der Waals surface area contributed by atoms with E-state index in [4.69, 9.17) is 16.3 Å². The van der Waals surface area contributed by atoms with E-state index in [1.807, 2.05) is 30.3 Å². The van der Waals surface area contributed by atoms with Gasteiger partial charge >= 0.3 is 0 Å². The largest absolute Gasteiger partial charge is 0.486 e. The SMILES string of the molecule is CCCNc1cccc(COc2ccc(Cl)cc2Br)n1. The number of aromatic nitrogens is 1. The van der Waals surface area contributed by atoms with Crippen LogP contribution in [-0.4, -0.2) is 11.5 Å². The van der Waals surface area contributed by atoms with Crippen LogP contribution in [0, 0.1) is 0 Å². The van der Waals surface area contributed by atoms with Gasteiger partial charge in [0.25, 0.3) is 0 Å². The molecule has 106 valence electrons. The molecule has 0 fully saturated rings. The Morgan fingerprint density at radius 1 is 1.30 bits per heavy atom. The number of nitrogens with zero attached hydrogens (tertiary/aromatic N) is 1. The minimum absolute atomic E-state index is 0.419. The summed E-state index contributed by atoms with van der Waals surface area (Å²) in [5.41, 5.74) is 0.882. The normalized spacial score (nSPS) is 10.3. The molecular formula is C15H16BrClN2O. The van der Waals surface area contributed by atoms with Gasteiger partial charge in [0.1, 0.15) is 18.2 Å². The van der Waals surface area contributed by atoms with Crippen molar-refractivity contribution < 1.29 is 4.74 Å². The van der Waals surface area contributed by atoms with Gasteiger partial charge in [-0.1, -0.05) is 24.6 Å². The van der Waals surface area contributed by atoms with Gasteiger partial charge in [-0.15, -0.1) is 0 Å². The first-order valence-corrected chi connectivity index (χ1v) is 7.64. The van der Waals surface area contributed by atoms with Crippen LogP contribution < -0.4 is 10.1 Å². The predicted octanol–water partition coefficient (Wildman–Crippen LogP) is 4.90. The quantitative estimate of drug-likeness (QED) is 0.800. The number of pyridine rings is 1. The van der Waals surface area contributed by atoms with E-state index in [0.29, 0.717) is 11.6 Å². The van der Waals surface area contributed by atoms with E-state index in [9.17, 15) is 0 Å². The molecule has 0 spiro atoms. The average Bonchev–Trinajstić information content (AvgIpc) is 2.45. The van der Waals surface area contributed by atoms with E-state index in [1.54, 1.807) is 6.07 Å². The summed E-state index contributed by atoms with van der Waals surface area (Å²) in [5.74, 6) is 1.63. The predicted molar refractivity (Wildman–Crippen MR) is 86.5 cm³/mol. The van der Waals surface area contributed by atoms with Crippen LogP contribution in [0.1, 0.15) is 19.0 Å². The average molecular weight is 356 g/mol. The molecule has 0 aliphatic heterocycles. The number of hydrogen-bond acceptors (Lipinski definition) is 3. The van der Waals surface area contributed by atoms with Crippen molar-refractivity contribution in [2.45, 2.75) is 20.0 Å². The number of rotatable bonds is 6. The summed E-state index contributed by atoms with van der Waals surface area (Å²) in [6.07, 6.45) is 1.07. The Morgan fingerprint density at radius 2 is 2.15 bits per heavy atom. The zero-order valence-corrected chi connectivity index (χ0v) is 13.5. The van der Waals surface area contributed by atoms with Crippen molar-refractivity contribution in [3.8, 4) is 5.75 Å². The van der Waals surface area contributed by atoms with E-state index >= 15 is 0 Å². The fourth-order valence-corrected chi connectivity index (χ4v) is 2.45. The highest BCUT2D eigenvalue weighted by Crippen LogP contribution is 2.28. The van der Waals surface area contributed by atoms with Crippen molar-refractivity contribution >= 4 is 33.3 Å². The van der Waals surface area contributed by atoms with Crippen LogP contribution in [0.5, 0.6) is 5.75 Å². The van der Waals surface area contributed by atoms with Crippen molar-refractivity contribution in [2.75, 3.05) is 11.9 Å². The van der Waals surface area contributed by atoms with Gasteiger partial charge in [-0.05, 0) is 52.7 Å². The molecule has 1 aromatic heterocycles. The molecule has 0 saturated carbocycles. The summed E-state index contributed by atoms with van der Waals surface area (Å²) >= 11 is 9.32. The molecule has 1 aromatic carbocycles. The minimum Gasteiger partial charge on any atom is -0.486 e. The smallest absolute Gasteiger partial charge is 0.134 e. The van der Waals surface area contributed by atoms with E-state index in [2.05, 4.69) is 33.2 Å². The molecule has 0 aliphatic rings. The highest BCUT2D eigenvalue weighted by Gasteiger charge is 2.03. The Morgan fingerprint density at radius 3 is 2.90 bits per heavy atom. The van der Waals surface area contributed by atoms with E-state index in [-0.39, 0.29) is 0 Å². The molecule has 0 radical (unpaired) electrons. The molecule has 0 saturated heterocycles. The molecule has 0 aliphatic carbocycles. The fraction of sp³-hybridized carbons (Fsp3) is 0.267. The molecule has 2 aromatic rings. The first-order valence-electron chi connectivity index (χ1n) is 6.46.